The van der Waals surface area contributed by atoms with Gasteiger partial charge in [-0.05, 0) is 25.1 Å². The van der Waals surface area contributed by atoms with Gasteiger partial charge < -0.3 is 5.73 Å². The molecular weight excluding hydrogens is 318 g/mol. The maximum absolute atomic E-state index is 12.5. The molecule has 0 aliphatic carbocycles. The molecule has 2 N–H and O–H groups in total. The van der Waals surface area contributed by atoms with Gasteiger partial charge in [0.2, 0.25) is 10.0 Å². The summed E-state index contributed by atoms with van der Waals surface area (Å²) in [6.45, 7) is 2.08. The summed E-state index contributed by atoms with van der Waals surface area (Å²) >= 11 is 7.27. The second-order valence-corrected chi connectivity index (χ2v) is 7.81. The van der Waals surface area contributed by atoms with E-state index in [0.29, 0.717) is 10.7 Å². The summed E-state index contributed by atoms with van der Waals surface area (Å²) in [4.78, 5) is 4.31. The summed E-state index contributed by atoms with van der Waals surface area (Å²) in [5.74, 6) is 0. The van der Waals surface area contributed by atoms with Crippen LogP contribution in [0.1, 0.15) is 10.7 Å². The molecule has 1 aromatic carbocycles. The first-order chi connectivity index (χ1) is 9.30. The van der Waals surface area contributed by atoms with Crippen molar-refractivity contribution in [1.29, 1.82) is 0 Å². The molecule has 0 radical (unpaired) electrons. The maximum atomic E-state index is 12.5. The van der Waals surface area contributed by atoms with Crippen molar-refractivity contribution in [3.8, 4) is 0 Å². The lowest BCUT2D eigenvalue weighted by molar-refractivity contribution is 0.463. The molecule has 0 spiro atoms. The molecule has 0 saturated heterocycles. The van der Waals surface area contributed by atoms with E-state index in [9.17, 15) is 8.42 Å². The van der Waals surface area contributed by atoms with Gasteiger partial charge in [0.25, 0.3) is 0 Å². The van der Waals surface area contributed by atoms with Gasteiger partial charge in [-0.3, -0.25) is 0 Å². The number of hydrogen-bond acceptors (Lipinski definition) is 5. The second-order valence-electron chi connectivity index (χ2n) is 4.30. The molecule has 0 bridgehead atoms. The number of nitrogens with zero attached hydrogens (tertiary/aromatic N) is 2. The van der Waals surface area contributed by atoms with Crippen molar-refractivity contribution in [3.63, 3.8) is 0 Å². The fourth-order valence-corrected chi connectivity index (χ4v) is 3.74. The largest absolute Gasteiger partial charge is 0.398 e. The Bertz CT molecular complexity index is 728. The van der Waals surface area contributed by atoms with E-state index in [1.165, 1.54) is 40.9 Å². The number of anilines is 1. The Morgan fingerprint density at radius 1 is 1.45 bits per heavy atom. The normalized spacial score (nSPS) is 12.0. The molecule has 2 rings (SSSR count). The van der Waals surface area contributed by atoms with Gasteiger partial charge in [0.1, 0.15) is 4.90 Å². The van der Waals surface area contributed by atoms with Crippen molar-refractivity contribution in [3.05, 3.63) is 39.3 Å². The zero-order valence-corrected chi connectivity index (χ0v) is 13.4. The van der Waals surface area contributed by atoms with E-state index in [2.05, 4.69) is 4.98 Å². The van der Waals surface area contributed by atoms with Crippen molar-refractivity contribution < 1.29 is 8.42 Å². The molecule has 8 heteroatoms. The SMILES string of the molecule is Cc1nc(CN(C)S(=O)(=O)c2ccc(Cl)cc2N)cs1. The van der Waals surface area contributed by atoms with Crippen LogP contribution in [-0.4, -0.2) is 24.8 Å². The highest BCUT2D eigenvalue weighted by molar-refractivity contribution is 7.89. The van der Waals surface area contributed by atoms with Crippen molar-refractivity contribution in [2.75, 3.05) is 12.8 Å². The van der Waals surface area contributed by atoms with Gasteiger partial charge in [-0.1, -0.05) is 11.6 Å². The van der Waals surface area contributed by atoms with Crippen molar-refractivity contribution in [2.24, 2.45) is 0 Å². The standard InChI is InChI=1S/C12H14ClN3O2S2/c1-8-15-10(7-19-8)6-16(2)20(17,18)12-4-3-9(13)5-11(12)14/h3-5,7H,6,14H2,1-2H3. The minimum Gasteiger partial charge on any atom is -0.398 e. The topological polar surface area (TPSA) is 76.3 Å². The van der Waals surface area contributed by atoms with Crippen LogP contribution in [0, 0.1) is 6.92 Å². The van der Waals surface area contributed by atoms with Gasteiger partial charge in [-0.2, -0.15) is 4.31 Å². The van der Waals surface area contributed by atoms with E-state index in [1.54, 1.807) is 0 Å². The van der Waals surface area contributed by atoms with E-state index < -0.39 is 10.0 Å². The highest BCUT2D eigenvalue weighted by Gasteiger charge is 2.24. The third-order valence-electron chi connectivity index (χ3n) is 2.71. The van der Waals surface area contributed by atoms with Crippen molar-refractivity contribution >= 4 is 38.6 Å². The number of hydrogen-bond donors (Lipinski definition) is 1. The zero-order valence-electron chi connectivity index (χ0n) is 11.0. The summed E-state index contributed by atoms with van der Waals surface area (Å²) in [5, 5.41) is 3.14. The predicted octanol–water partition coefficient (Wildman–Crippen LogP) is 2.51. The van der Waals surface area contributed by atoms with E-state index in [4.69, 9.17) is 17.3 Å². The zero-order chi connectivity index (χ0) is 14.9. The summed E-state index contributed by atoms with van der Waals surface area (Å²) < 4.78 is 26.1. The third-order valence-corrected chi connectivity index (χ3v) is 5.65. The van der Waals surface area contributed by atoms with Crippen LogP contribution in [0.15, 0.2) is 28.5 Å². The number of aromatic nitrogens is 1. The number of nitrogens with two attached hydrogens (primary N) is 1. The van der Waals surface area contributed by atoms with Crippen LogP contribution < -0.4 is 5.73 Å². The minimum atomic E-state index is -3.66. The number of rotatable bonds is 4. The molecule has 0 aliphatic rings. The number of nitrogen functional groups attached to an aromatic ring is 1. The number of thiazole rings is 1. The monoisotopic (exact) mass is 331 g/mol. The van der Waals surface area contributed by atoms with Gasteiger partial charge in [0, 0.05) is 17.5 Å². The highest BCUT2D eigenvalue weighted by Crippen LogP contribution is 2.25. The van der Waals surface area contributed by atoms with E-state index in [-0.39, 0.29) is 17.1 Å². The van der Waals surface area contributed by atoms with Gasteiger partial charge in [0.15, 0.2) is 0 Å². The average Bonchev–Trinajstić information content (AvgIpc) is 2.74. The molecule has 0 saturated carbocycles. The fourth-order valence-electron chi connectivity index (χ4n) is 1.72. The average molecular weight is 332 g/mol. The first-order valence-corrected chi connectivity index (χ1v) is 8.43. The molecule has 20 heavy (non-hydrogen) atoms. The first-order valence-electron chi connectivity index (χ1n) is 5.73. The van der Waals surface area contributed by atoms with E-state index in [1.807, 2.05) is 12.3 Å². The van der Waals surface area contributed by atoms with Gasteiger partial charge >= 0.3 is 0 Å². The van der Waals surface area contributed by atoms with Crippen LogP contribution in [0.5, 0.6) is 0 Å². The Hall–Kier alpha value is -1.15. The van der Waals surface area contributed by atoms with Gasteiger partial charge in [0.05, 0.1) is 22.9 Å². The third kappa shape index (κ3) is 3.12. The van der Waals surface area contributed by atoms with Crippen LogP contribution in [0.2, 0.25) is 5.02 Å². The molecule has 5 nitrogen and oxygen atoms in total. The Labute approximate surface area is 127 Å². The molecule has 108 valence electrons. The quantitative estimate of drug-likeness (QED) is 0.873. The van der Waals surface area contributed by atoms with Crippen molar-refractivity contribution in [1.82, 2.24) is 9.29 Å². The Morgan fingerprint density at radius 3 is 2.70 bits per heavy atom. The lowest BCUT2D eigenvalue weighted by Gasteiger charge is -2.17. The van der Waals surface area contributed by atoms with E-state index >= 15 is 0 Å². The number of aryl methyl sites for hydroxylation is 1. The molecule has 0 unspecified atom stereocenters. The molecule has 2 aromatic rings. The van der Waals surface area contributed by atoms with Crippen molar-refractivity contribution in [2.45, 2.75) is 18.4 Å². The molecule has 0 amide bonds. The summed E-state index contributed by atoms with van der Waals surface area (Å²) in [6, 6.07) is 4.34. The lowest BCUT2D eigenvalue weighted by atomic mass is 10.3. The fraction of sp³-hybridized carbons (Fsp3) is 0.250. The summed E-state index contributed by atoms with van der Waals surface area (Å²) in [7, 11) is -2.16. The number of benzene rings is 1. The van der Waals surface area contributed by atoms with Crippen LogP contribution >= 0.6 is 22.9 Å². The lowest BCUT2D eigenvalue weighted by Crippen LogP contribution is -2.27. The first kappa shape index (κ1) is 15.2. The Balaban J connectivity index is 2.29. The Kier molecular flexibility index (Phi) is 4.33. The predicted molar refractivity (Wildman–Crippen MR) is 81.4 cm³/mol. The summed E-state index contributed by atoms with van der Waals surface area (Å²) in [5.41, 5.74) is 6.59. The number of sulfonamides is 1. The van der Waals surface area contributed by atoms with Crippen LogP contribution in [0.3, 0.4) is 0 Å². The Morgan fingerprint density at radius 2 is 2.15 bits per heavy atom. The van der Waals surface area contributed by atoms with Crippen LogP contribution in [-0.2, 0) is 16.6 Å². The van der Waals surface area contributed by atoms with Gasteiger partial charge in [-0.15, -0.1) is 11.3 Å². The number of halogens is 1. The maximum Gasteiger partial charge on any atom is 0.245 e. The highest BCUT2D eigenvalue weighted by atomic mass is 35.5. The minimum absolute atomic E-state index is 0.0522. The van der Waals surface area contributed by atoms with E-state index in [0.717, 1.165) is 5.01 Å². The molecular formula is C12H14ClN3O2S2. The smallest absolute Gasteiger partial charge is 0.245 e. The molecule has 1 heterocycles. The summed E-state index contributed by atoms with van der Waals surface area (Å²) in [6.07, 6.45) is 0. The molecule has 0 fully saturated rings. The van der Waals surface area contributed by atoms with Gasteiger partial charge in [-0.25, -0.2) is 13.4 Å². The van der Waals surface area contributed by atoms with Crippen LogP contribution in [0.25, 0.3) is 0 Å². The second kappa shape index (κ2) is 5.69. The molecule has 0 aliphatic heterocycles. The van der Waals surface area contributed by atoms with Crippen LogP contribution in [0.4, 0.5) is 5.69 Å². The molecule has 0 atom stereocenters. The molecule has 1 aromatic heterocycles.